The van der Waals surface area contributed by atoms with Gasteiger partial charge < -0.3 is 10.1 Å². The zero-order chi connectivity index (χ0) is 24.0. The largest absolute Gasteiger partial charge is 0.489 e. The Hall–Kier alpha value is -3.28. The van der Waals surface area contributed by atoms with Crippen LogP contribution in [0.25, 0.3) is 6.08 Å². The van der Waals surface area contributed by atoms with E-state index < -0.39 is 17.6 Å². The van der Waals surface area contributed by atoms with Crippen LogP contribution >= 0.6 is 27.5 Å². The number of benzene rings is 3. The topological polar surface area (TPSA) is 62.1 Å². The van der Waals surface area contributed by atoms with E-state index in [9.17, 15) is 23.2 Å². The van der Waals surface area contributed by atoms with Crippen molar-refractivity contribution in [2.24, 2.45) is 0 Å². The number of nitriles is 1. The van der Waals surface area contributed by atoms with Gasteiger partial charge in [0.2, 0.25) is 0 Å². The lowest BCUT2D eigenvalue weighted by Crippen LogP contribution is -2.15. The number of nitrogens with zero attached hydrogens (tertiary/aromatic N) is 1. The molecule has 0 fully saturated rings. The maximum atomic E-state index is 12.9. The Balaban J connectivity index is 1.69. The highest BCUT2D eigenvalue weighted by atomic mass is 79.9. The minimum Gasteiger partial charge on any atom is -0.489 e. The highest BCUT2D eigenvalue weighted by Crippen LogP contribution is 2.34. The second-order valence-electron chi connectivity index (χ2n) is 6.80. The van der Waals surface area contributed by atoms with E-state index >= 15 is 0 Å². The summed E-state index contributed by atoms with van der Waals surface area (Å²) >= 11 is 9.27. The maximum absolute atomic E-state index is 12.9. The number of hydrogen-bond acceptors (Lipinski definition) is 3. The number of nitrogens with one attached hydrogen (secondary N) is 1. The molecular weight excluding hydrogens is 521 g/mol. The second-order valence-corrected chi connectivity index (χ2v) is 8.12. The maximum Gasteiger partial charge on any atom is 0.416 e. The zero-order valence-corrected chi connectivity index (χ0v) is 19.1. The molecule has 0 unspecified atom stereocenters. The van der Waals surface area contributed by atoms with Crippen LogP contribution in [0.4, 0.5) is 18.9 Å². The number of anilines is 1. The van der Waals surface area contributed by atoms with Crippen molar-refractivity contribution >= 4 is 45.2 Å². The van der Waals surface area contributed by atoms with Gasteiger partial charge in [-0.15, -0.1) is 0 Å². The van der Waals surface area contributed by atoms with Crippen molar-refractivity contribution in [2.45, 2.75) is 12.8 Å². The first-order valence-corrected chi connectivity index (χ1v) is 10.6. The average Bonchev–Trinajstić information content (AvgIpc) is 2.78. The molecule has 4 nitrogen and oxygen atoms in total. The van der Waals surface area contributed by atoms with E-state index in [1.54, 1.807) is 30.3 Å². The molecule has 1 amide bonds. The van der Waals surface area contributed by atoms with E-state index in [2.05, 4.69) is 21.2 Å². The normalized spacial score (nSPS) is 11.6. The molecule has 3 rings (SSSR count). The molecule has 3 aromatic carbocycles. The van der Waals surface area contributed by atoms with Gasteiger partial charge in [-0.3, -0.25) is 4.79 Å². The van der Waals surface area contributed by atoms with Gasteiger partial charge in [-0.2, -0.15) is 18.4 Å². The lowest BCUT2D eigenvalue weighted by molar-refractivity contribution is -0.137. The third-order valence-corrected chi connectivity index (χ3v) is 5.28. The fourth-order valence-electron chi connectivity index (χ4n) is 2.71. The lowest BCUT2D eigenvalue weighted by Gasteiger charge is -2.11. The molecule has 0 spiro atoms. The van der Waals surface area contributed by atoms with Crippen molar-refractivity contribution in [3.63, 3.8) is 0 Å². The van der Waals surface area contributed by atoms with Crippen LogP contribution in [0.15, 0.2) is 76.8 Å². The van der Waals surface area contributed by atoms with Crippen LogP contribution in [0.2, 0.25) is 5.02 Å². The summed E-state index contributed by atoms with van der Waals surface area (Å²) in [5.74, 6) is -0.289. The molecule has 0 radical (unpaired) electrons. The molecule has 0 aliphatic carbocycles. The van der Waals surface area contributed by atoms with Crippen LogP contribution in [-0.4, -0.2) is 5.91 Å². The van der Waals surface area contributed by atoms with E-state index in [-0.39, 0.29) is 16.3 Å². The summed E-state index contributed by atoms with van der Waals surface area (Å²) in [7, 11) is 0. The number of hydrogen-bond donors (Lipinski definition) is 1. The summed E-state index contributed by atoms with van der Waals surface area (Å²) in [5, 5.41) is 11.5. The average molecular weight is 536 g/mol. The molecule has 0 bridgehead atoms. The Labute approximate surface area is 201 Å². The van der Waals surface area contributed by atoms with Gasteiger partial charge in [0.1, 0.15) is 24.0 Å². The molecule has 3 aromatic rings. The molecule has 9 heteroatoms. The Bertz CT molecular complexity index is 1220. The molecule has 168 valence electrons. The monoisotopic (exact) mass is 534 g/mol. The van der Waals surface area contributed by atoms with Gasteiger partial charge in [0.15, 0.2) is 0 Å². The smallest absolute Gasteiger partial charge is 0.416 e. The van der Waals surface area contributed by atoms with Gasteiger partial charge in [-0.1, -0.05) is 51.8 Å². The van der Waals surface area contributed by atoms with E-state index in [4.69, 9.17) is 16.3 Å². The van der Waals surface area contributed by atoms with E-state index in [0.717, 1.165) is 22.2 Å². The predicted molar refractivity (Wildman–Crippen MR) is 124 cm³/mol. The number of alkyl halides is 3. The third-order valence-electron chi connectivity index (χ3n) is 4.42. The van der Waals surface area contributed by atoms with Crippen molar-refractivity contribution < 1.29 is 22.7 Å². The van der Waals surface area contributed by atoms with Crippen LogP contribution < -0.4 is 10.1 Å². The van der Waals surface area contributed by atoms with Gasteiger partial charge in [0.25, 0.3) is 5.91 Å². The van der Waals surface area contributed by atoms with Crippen LogP contribution in [0.5, 0.6) is 5.75 Å². The number of amides is 1. The van der Waals surface area contributed by atoms with Gasteiger partial charge in [0, 0.05) is 4.47 Å². The van der Waals surface area contributed by atoms with Crippen LogP contribution in [0.1, 0.15) is 16.7 Å². The van der Waals surface area contributed by atoms with Crippen molar-refractivity contribution in [1.82, 2.24) is 0 Å². The number of ether oxygens (including phenoxy) is 1. The lowest BCUT2D eigenvalue weighted by atomic mass is 10.1. The Kier molecular flexibility index (Phi) is 7.79. The standard InChI is InChI=1S/C24H15BrClF3N2O2/c25-19-6-1-16(2-7-19)14-33-20-8-3-15(4-9-20)11-17(13-30)23(32)31-22-12-18(24(27,28)29)5-10-21(22)26/h1-12H,14H2,(H,31,32). The number of carbonyl (C=O) groups is 1. The van der Waals surface area contributed by atoms with Gasteiger partial charge in [-0.25, -0.2) is 0 Å². The van der Waals surface area contributed by atoms with Crippen LogP contribution in [-0.2, 0) is 17.6 Å². The van der Waals surface area contributed by atoms with E-state index in [0.29, 0.717) is 24.0 Å². The number of rotatable bonds is 6. The SMILES string of the molecule is N#CC(=Cc1ccc(OCc2ccc(Br)cc2)cc1)C(=O)Nc1cc(C(F)(F)F)ccc1Cl. The Morgan fingerprint density at radius 3 is 2.36 bits per heavy atom. The zero-order valence-electron chi connectivity index (χ0n) is 16.8. The Morgan fingerprint density at radius 2 is 1.76 bits per heavy atom. The first-order valence-electron chi connectivity index (χ1n) is 9.43. The quantitative estimate of drug-likeness (QED) is 0.267. The number of carbonyl (C=O) groups excluding carboxylic acids is 1. The summed E-state index contributed by atoms with van der Waals surface area (Å²) < 4.78 is 45.4. The summed E-state index contributed by atoms with van der Waals surface area (Å²) in [5.41, 5.74) is 0.0106. The van der Waals surface area contributed by atoms with Crippen molar-refractivity contribution in [1.29, 1.82) is 5.26 Å². The molecule has 0 aromatic heterocycles. The van der Waals surface area contributed by atoms with E-state index in [1.807, 2.05) is 24.3 Å². The highest BCUT2D eigenvalue weighted by molar-refractivity contribution is 9.10. The summed E-state index contributed by atoms with van der Waals surface area (Å²) in [6.07, 6.45) is -3.28. The van der Waals surface area contributed by atoms with E-state index in [1.165, 1.54) is 6.08 Å². The van der Waals surface area contributed by atoms with Crippen molar-refractivity contribution in [2.75, 3.05) is 5.32 Å². The number of halogens is 5. The molecule has 0 atom stereocenters. The van der Waals surface area contributed by atoms with Gasteiger partial charge in [0.05, 0.1) is 16.3 Å². The van der Waals surface area contributed by atoms with Crippen LogP contribution in [0, 0.1) is 11.3 Å². The summed E-state index contributed by atoms with van der Waals surface area (Å²) in [6.45, 7) is 0.367. The molecule has 0 saturated heterocycles. The first kappa shape index (κ1) is 24.4. The fourth-order valence-corrected chi connectivity index (χ4v) is 3.14. The second kappa shape index (κ2) is 10.6. The van der Waals surface area contributed by atoms with Crippen molar-refractivity contribution in [3.8, 4) is 11.8 Å². The van der Waals surface area contributed by atoms with Crippen molar-refractivity contribution in [3.05, 3.63) is 98.5 Å². The molecule has 0 aliphatic rings. The molecular formula is C24H15BrClF3N2O2. The first-order chi connectivity index (χ1) is 15.7. The van der Waals surface area contributed by atoms with Gasteiger partial charge >= 0.3 is 6.18 Å². The van der Waals surface area contributed by atoms with Crippen LogP contribution in [0.3, 0.4) is 0 Å². The summed E-state index contributed by atoms with van der Waals surface area (Å²) in [4.78, 5) is 12.4. The molecule has 33 heavy (non-hydrogen) atoms. The molecule has 0 heterocycles. The third kappa shape index (κ3) is 6.85. The summed E-state index contributed by atoms with van der Waals surface area (Å²) in [6, 6.07) is 18.6. The molecule has 1 N–H and O–H groups in total. The highest BCUT2D eigenvalue weighted by Gasteiger charge is 2.31. The minimum atomic E-state index is -4.60. The fraction of sp³-hybridized carbons (Fsp3) is 0.0833. The predicted octanol–water partition coefficient (Wildman–Crippen LogP) is 7.25. The molecule has 0 saturated carbocycles. The Morgan fingerprint density at radius 1 is 1.09 bits per heavy atom. The van der Waals surface area contributed by atoms with Gasteiger partial charge in [-0.05, 0) is 59.7 Å². The molecule has 0 aliphatic heterocycles. The minimum absolute atomic E-state index is 0.0825.